The van der Waals surface area contributed by atoms with Gasteiger partial charge in [0.1, 0.15) is 24.8 Å². The molecule has 0 saturated carbocycles. The summed E-state index contributed by atoms with van der Waals surface area (Å²) >= 11 is 0. The monoisotopic (exact) mass is 343 g/mol. The van der Waals surface area contributed by atoms with E-state index in [1.807, 2.05) is 30.3 Å². The Kier molecular flexibility index (Phi) is 4.74. The zero-order valence-electron chi connectivity index (χ0n) is 14.0. The zero-order chi connectivity index (χ0) is 17.1. The highest BCUT2D eigenvalue weighted by Crippen LogP contribution is 2.35. The SMILES string of the molecule is Fc1ccc([C@H]2CCNC[C@@H]2COc2ccc3c(c2)OCCO3)cc1. The van der Waals surface area contributed by atoms with Crippen molar-refractivity contribution in [1.29, 1.82) is 0 Å². The van der Waals surface area contributed by atoms with Gasteiger partial charge in [0.2, 0.25) is 0 Å². The minimum atomic E-state index is -0.193. The van der Waals surface area contributed by atoms with Gasteiger partial charge in [-0.05, 0) is 48.7 Å². The van der Waals surface area contributed by atoms with Gasteiger partial charge >= 0.3 is 0 Å². The van der Waals surface area contributed by atoms with Crippen molar-refractivity contribution in [2.45, 2.75) is 12.3 Å². The number of rotatable bonds is 4. The molecule has 25 heavy (non-hydrogen) atoms. The minimum Gasteiger partial charge on any atom is -0.493 e. The van der Waals surface area contributed by atoms with E-state index in [1.54, 1.807) is 0 Å². The Morgan fingerprint density at radius 2 is 1.84 bits per heavy atom. The number of benzene rings is 2. The standard InChI is InChI=1S/C20H22FNO3/c21-16-3-1-14(2-4-16)18-7-8-22-12-15(18)13-25-17-5-6-19-20(11-17)24-10-9-23-19/h1-6,11,15,18,22H,7-10,12-13H2/t15-,18-/m1/s1. The maximum absolute atomic E-state index is 13.2. The number of piperidine rings is 1. The number of nitrogens with one attached hydrogen (secondary N) is 1. The van der Waals surface area contributed by atoms with Crippen LogP contribution in [0.15, 0.2) is 42.5 Å². The van der Waals surface area contributed by atoms with Gasteiger partial charge in [0, 0.05) is 18.5 Å². The van der Waals surface area contributed by atoms with Crippen molar-refractivity contribution >= 4 is 0 Å². The Hall–Kier alpha value is -2.27. The number of ether oxygens (including phenoxy) is 3. The highest BCUT2D eigenvalue weighted by atomic mass is 19.1. The highest BCUT2D eigenvalue weighted by Gasteiger charge is 2.27. The van der Waals surface area contributed by atoms with E-state index < -0.39 is 0 Å². The average Bonchev–Trinajstić information content (AvgIpc) is 2.67. The third-order valence-corrected chi connectivity index (χ3v) is 4.88. The van der Waals surface area contributed by atoms with Gasteiger partial charge in [-0.1, -0.05) is 12.1 Å². The minimum absolute atomic E-state index is 0.193. The summed E-state index contributed by atoms with van der Waals surface area (Å²) in [5.74, 6) is 2.81. The van der Waals surface area contributed by atoms with Gasteiger partial charge in [0.15, 0.2) is 11.5 Å². The van der Waals surface area contributed by atoms with Crippen LogP contribution in [-0.4, -0.2) is 32.9 Å². The van der Waals surface area contributed by atoms with Crippen LogP contribution in [0, 0.1) is 11.7 Å². The van der Waals surface area contributed by atoms with Gasteiger partial charge in [-0.2, -0.15) is 0 Å². The number of hydrogen-bond donors (Lipinski definition) is 1. The summed E-state index contributed by atoms with van der Waals surface area (Å²) in [4.78, 5) is 0. The smallest absolute Gasteiger partial charge is 0.165 e. The summed E-state index contributed by atoms with van der Waals surface area (Å²) in [6.45, 7) is 3.62. The normalized spacial score (nSPS) is 22.4. The number of halogens is 1. The molecule has 1 saturated heterocycles. The van der Waals surface area contributed by atoms with Crippen molar-refractivity contribution in [2.24, 2.45) is 5.92 Å². The van der Waals surface area contributed by atoms with Crippen molar-refractivity contribution in [3.8, 4) is 17.2 Å². The van der Waals surface area contributed by atoms with E-state index in [0.717, 1.165) is 36.8 Å². The lowest BCUT2D eigenvalue weighted by atomic mass is 9.81. The van der Waals surface area contributed by atoms with Gasteiger partial charge in [-0.3, -0.25) is 0 Å². The van der Waals surface area contributed by atoms with Crippen LogP contribution >= 0.6 is 0 Å². The second-order valence-electron chi connectivity index (χ2n) is 6.53. The van der Waals surface area contributed by atoms with Crippen LogP contribution in [0.2, 0.25) is 0 Å². The fourth-order valence-corrected chi connectivity index (χ4v) is 3.56. The van der Waals surface area contributed by atoms with Crippen molar-refractivity contribution in [1.82, 2.24) is 5.32 Å². The molecule has 2 aliphatic heterocycles. The molecule has 0 unspecified atom stereocenters. The van der Waals surface area contributed by atoms with Crippen LogP contribution in [-0.2, 0) is 0 Å². The Labute approximate surface area is 146 Å². The quantitative estimate of drug-likeness (QED) is 0.924. The third kappa shape index (κ3) is 3.71. The van der Waals surface area contributed by atoms with E-state index in [0.29, 0.717) is 31.7 Å². The molecule has 1 N–H and O–H groups in total. The fraction of sp³-hybridized carbons (Fsp3) is 0.400. The van der Waals surface area contributed by atoms with Crippen LogP contribution in [0.25, 0.3) is 0 Å². The maximum atomic E-state index is 13.2. The summed E-state index contributed by atoms with van der Waals surface area (Å²) in [6.07, 6.45) is 1.03. The molecule has 2 aromatic carbocycles. The van der Waals surface area contributed by atoms with Gasteiger partial charge in [0.25, 0.3) is 0 Å². The van der Waals surface area contributed by atoms with E-state index in [4.69, 9.17) is 14.2 Å². The first kappa shape index (κ1) is 16.2. The Morgan fingerprint density at radius 3 is 2.68 bits per heavy atom. The van der Waals surface area contributed by atoms with Crippen molar-refractivity contribution in [2.75, 3.05) is 32.9 Å². The average molecular weight is 343 g/mol. The first-order chi connectivity index (χ1) is 12.3. The Bertz CT molecular complexity index is 719. The summed E-state index contributed by atoms with van der Waals surface area (Å²) in [5, 5.41) is 3.43. The van der Waals surface area contributed by atoms with Gasteiger partial charge < -0.3 is 19.5 Å². The summed E-state index contributed by atoms with van der Waals surface area (Å²) in [7, 11) is 0. The molecular weight excluding hydrogens is 321 g/mol. The lowest BCUT2D eigenvalue weighted by Crippen LogP contribution is -2.38. The topological polar surface area (TPSA) is 39.7 Å². The van der Waals surface area contributed by atoms with E-state index in [2.05, 4.69) is 5.32 Å². The second kappa shape index (κ2) is 7.31. The molecule has 2 aromatic rings. The molecule has 2 aliphatic rings. The summed E-state index contributed by atoms with van der Waals surface area (Å²) < 4.78 is 30.4. The van der Waals surface area contributed by atoms with Gasteiger partial charge in [0.05, 0.1) is 6.61 Å². The number of fused-ring (bicyclic) bond motifs is 1. The predicted octanol–water partition coefficient (Wildman–Crippen LogP) is 3.37. The molecule has 1 fully saturated rings. The third-order valence-electron chi connectivity index (χ3n) is 4.88. The van der Waals surface area contributed by atoms with Crippen molar-refractivity contribution in [3.63, 3.8) is 0 Å². The summed E-state index contributed by atoms with van der Waals surface area (Å²) in [5.41, 5.74) is 1.18. The largest absolute Gasteiger partial charge is 0.493 e. The predicted molar refractivity (Wildman–Crippen MR) is 93.0 cm³/mol. The van der Waals surface area contributed by atoms with E-state index in [-0.39, 0.29) is 5.82 Å². The maximum Gasteiger partial charge on any atom is 0.165 e. The first-order valence-corrected chi connectivity index (χ1v) is 8.78. The van der Waals surface area contributed by atoms with Crippen LogP contribution < -0.4 is 19.5 Å². The van der Waals surface area contributed by atoms with Crippen LogP contribution in [0.4, 0.5) is 4.39 Å². The van der Waals surface area contributed by atoms with E-state index in [1.165, 1.54) is 17.7 Å². The van der Waals surface area contributed by atoms with E-state index >= 15 is 0 Å². The van der Waals surface area contributed by atoms with Crippen LogP contribution in [0.1, 0.15) is 17.9 Å². The lowest BCUT2D eigenvalue weighted by molar-refractivity contribution is 0.168. The van der Waals surface area contributed by atoms with Crippen LogP contribution in [0.3, 0.4) is 0 Å². The molecule has 0 spiro atoms. The molecule has 4 rings (SSSR count). The second-order valence-corrected chi connectivity index (χ2v) is 6.53. The molecule has 0 aromatic heterocycles. The van der Waals surface area contributed by atoms with Crippen LogP contribution in [0.5, 0.6) is 17.2 Å². The first-order valence-electron chi connectivity index (χ1n) is 8.78. The number of hydrogen-bond acceptors (Lipinski definition) is 4. The van der Waals surface area contributed by atoms with Crippen molar-refractivity contribution in [3.05, 3.63) is 53.8 Å². The molecular formula is C20H22FNO3. The van der Waals surface area contributed by atoms with Gasteiger partial charge in [-0.15, -0.1) is 0 Å². The zero-order valence-corrected chi connectivity index (χ0v) is 14.0. The fourth-order valence-electron chi connectivity index (χ4n) is 3.56. The van der Waals surface area contributed by atoms with Gasteiger partial charge in [-0.25, -0.2) is 4.39 Å². The van der Waals surface area contributed by atoms with E-state index in [9.17, 15) is 4.39 Å². The molecule has 0 bridgehead atoms. The molecule has 2 atom stereocenters. The molecule has 5 heteroatoms. The highest BCUT2D eigenvalue weighted by molar-refractivity contribution is 5.46. The molecule has 2 heterocycles. The summed E-state index contributed by atoms with van der Waals surface area (Å²) in [6, 6.07) is 12.5. The molecule has 0 aliphatic carbocycles. The molecule has 0 radical (unpaired) electrons. The molecule has 4 nitrogen and oxygen atoms in total. The molecule has 132 valence electrons. The Morgan fingerprint density at radius 1 is 1.04 bits per heavy atom. The molecule has 0 amide bonds. The lowest BCUT2D eigenvalue weighted by Gasteiger charge is -2.32. The Balaban J connectivity index is 1.44. The van der Waals surface area contributed by atoms with Crippen molar-refractivity contribution < 1.29 is 18.6 Å².